The predicted molar refractivity (Wildman–Crippen MR) is 85.9 cm³/mol. The fourth-order valence-electron chi connectivity index (χ4n) is 2.77. The molecule has 0 aromatic heterocycles. The summed E-state index contributed by atoms with van der Waals surface area (Å²) >= 11 is 0. The summed E-state index contributed by atoms with van der Waals surface area (Å²) in [5.41, 5.74) is 3.97. The van der Waals surface area contributed by atoms with Crippen molar-refractivity contribution in [2.45, 2.75) is 40.7 Å². The van der Waals surface area contributed by atoms with Crippen molar-refractivity contribution in [2.75, 3.05) is 6.54 Å². The van der Waals surface area contributed by atoms with E-state index in [-0.39, 0.29) is 0 Å². The van der Waals surface area contributed by atoms with Crippen molar-refractivity contribution in [3.05, 3.63) is 59.9 Å². The van der Waals surface area contributed by atoms with Crippen LogP contribution in [0, 0.1) is 5.92 Å². The topological polar surface area (TPSA) is 3.24 Å². The zero-order chi connectivity index (χ0) is 14.4. The molecule has 0 aromatic rings. The van der Waals surface area contributed by atoms with Crippen LogP contribution in [-0.2, 0) is 0 Å². The van der Waals surface area contributed by atoms with Crippen molar-refractivity contribution in [3.8, 4) is 0 Å². The lowest BCUT2D eigenvalue weighted by Gasteiger charge is -2.42. The Kier molecular flexibility index (Phi) is 5.88. The number of rotatable bonds is 4. The average molecular weight is 257 g/mol. The lowest BCUT2D eigenvalue weighted by molar-refractivity contribution is 0.228. The molecule has 0 radical (unpaired) electrons. The first-order valence-corrected chi connectivity index (χ1v) is 7.21. The second-order valence-electron chi connectivity index (χ2n) is 4.97. The third-order valence-corrected chi connectivity index (χ3v) is 3.94. The molecule has 0 fully saturated rings. The quantitative estimate of drug-likeness (QED) is 0.695. The molecule has 0 saturated carbocycles. The fourth-order valence-corrected chi connectivity index (χ4v) is 2.77. The van der Waals surface area contributed by atoms with Gasteiger partial charge >= 0.3 is 0 Å². The Labute approximate surface area is 118 Å². The van der Waals surface area contributed by atoms with Gasteiger partial charge < -0.3 is 4.90 Å². The van der Waals surface area contributed by atoms with Crippen molar-refractivity contribution in [2.24, 2.45) is 5.92 Å². The highest BCUT2D eigenvalue weighted by Gasteiger charge is 2.30. The number of hydrogen-bond donors (Lipinski definition) is 0. The number of likely N-dealkylation sites (N-methyl/N-ethyl adjacent to an activating group) is 1. The molecule has 0 saturated heterocycles. The summed E-state index contributed by atoms with van der Waals surface area (Å²) < 4.78 is 0. The summed E-state index contributed by atoms with van der Waals surface area (Å²) in [6, 6.07) is 0.503. The smallest absolute Gasteiger partial charge is 0.0445 e. The van der Waals surface area contributed by atoms with Gasteiger partial charge in [0.05, 0.1) is 0 Å². The van der Waals surface area contributed by atoms with Crippen LogP contribution in [0.25, 0.3) is 0 Å². The van der Waals surface area contributed by atoms with E-state index in [9.17, 15) is 0 Å². The zero-order valence-corrected chi connectivity index (χ0v) is 13.0. The zero-order valence-electron chi connectivity index (χ0n) is 13.0. The number of hydrogen-bond acceptors (Lipinski definition) is 1. The number of nitrogens with zero attached hydrogens (tertiary/aromatic N) is 1. The van der Waals surface area contributed by atoms with Gasteiger partial charge in [0.1, 0.15) is 0 Å². The largest absolute Gasteiger partial charge is 0.368 e. The Bertz CT molecular complexity index is 435. The summed E-state index contributed by atoms with van der Waals surface area (Å²) in [5, 5.41) is 0. The van der Waals surface area contributed by atoms with Gasteiger partial charge in [-0.1, -0.05) is 43.9 Å². The molecule has 1 aliphatic rings. The lowest BCUT2D eigenvalue weighted by Crippen LogP contribution is -2.41. The first kappa shape index (κ1) is 15.6. The molecule has 0 spiro atoms. The molecule has 2 atom stereocenters. The van der Waals surface area contributed by atoms with Crippen molar-refractivity contribution in [3.63, 3.8) is 0 Å². The minimum absolute atomic E-state index is 0.503. The molecule has 0 aromatic carbocycles. The van der Waals surface area contributed by atoms with Crippen molar-refractivity contribution < 1.29 is 0 Å². The average Bonchev–Trinajstić information content (AvgIpc) is 2.41. The highest BCUT2D eigenvalue weighted by Crippen LogP contribution is 2.36. The highest BCUT2D eigenvalue weighted by molar-refractivity contribution is 5.51. The first-order chi connectivity index (χ1) is 9.12. The van der Waals surface area contributed by atoms with E-state index in [0.717, 1.165) is 6.54 Å². The van der Waals surface area contributed by atoms with E-state index in [0.29, 0.717) is 12.0 Å². The van der Waals surface area contributed by atoms with Gasteiger partial charge in [-0.3, -0.25) is 0 Å². The standard InChI is InChI=1S/C18H27N/c1-7-11-13-18-17(12-8-2)16(9-3)14(5)15(6)19(18)10-4/h7-9,11-15H,3,10H2,1-2,4-6H3/b11-7-,12-8-,18-13-. The SMILES string of the molecule is C=CC1=C(/C=C\C)/C(=C/C=C\C)N(CC)C(C)C1C. The summed E-state index contributed by atoms with van der Waals surface area (Å²) in [5.74, 6) is 0.506. The second kappa shape index (κ2) is 7.18. The molecular weight excluding hydrogens is 230 g/mol. The second-order valence-corrected chi connectivity index (χ2v) is 4.97. The van der Waals surface area contributed by atoms with Crippen LogP contribution in [0.4, 0.5) is 0 Å². The molecule has 1 nitrogen and oxygen atoms in total. The molecular formula is C18H27N. The minimum Gasteiger partial charge on any atom is -0.368 e. The van der Waals surface area contributed by atoms with Crippen LogP contribution in [0.3, 0.4) is 0 Å². The van der Waals surface area contributed by atoms with Gasteiger partial charge in [0, 0.05) is 29.8 Å². The van der Waals surface area contributed by atoms with Crippen molar-refractivity contribution >= 4 is 0 Å². The maximum Gasteiger partial charge on any atom is 0.0445 e. The molecule has 2 unspecified atom stereocenters. The van der Waals surface area contributed by atoms with Crippen LogP contribution in [0.2, 0.25) is 0 Å². The predicted octanol–water partition coefficient (Wildman–Crippen LogP) is 4.87. The van der Waals surface area contributed by atoms with Crippen LogP contribution in [0.15, 0.2) is 59.9 Å². The van der Waals surface area contributed by atoms with E-state index in [1.54, 1.807) is 0 Å². The fraction of sp³-hybridized carbons (Fsp3) is 0.444. The third kappa shape index (κ3) is 3.09. The summed E-state index contributed by atoms with van der Waals surface area (Å²) in [6.45, 7) is 16.0. The normalized spacial score (nSPS) is 27.0. The summed E-state index contributed by atoms with van der Waals surface area (Å²) in [6.07, 6.45) is 12.7. The van der Waals surface area contributed by atoms with Crippen LogP contribution in [0.1, 0.15) is 34.6 Å². The van der Waals surface area contributed by atoms with Gasteiger partial charge in [-0.15, -0.1) is 0 Å². The first-order valence-electron chi connectivity index (χ1n) is 7.21. The van der Waals surface area contributed by atoms with Crippen molar-refractivity contribution in [1.29, 1.82) is 0 Å². The number of allylic oxidation sites excluding steroid dienone is 6. The maximum absolute atomic E-state index is 4.01. The molecule has 0 aliphatic carbocycles. The molecule has 104 valence electrons. The van der Waals surface area contributed by atoms with E-state index in [1.807, 2.05) is 6.08 Å². The van der Waals surface area contributed by atoms with Crippen LogP contribution < -0.4 is 0 Å². The van der Waals surface area contributed by atoms with Gasteiger partial charge in [-0.25, -0.2) is 0 Å². The third-order valence-electron chi connectivity index (χ3n) is 3.94. The molecule has 0 bridgehead atoms. The molecule has 1 aliphatic heterocycles. The van der Waals surface area contributed by atoms with E-state index >= 15 is 0 Å². The summed E-state index contributed by atoms with van der Waals surface area (Å²) in [7, 11) is 0. The Morgan fingerprint density at radius 1 is 1.21 bits per heavy atom. The van der Waals surface area contributed by atoms with Gasteiger partial charge in [0.15, 0.2) is 0 Å². The maximum atomic E-state index is 4.01. The minimum atomic E-state index is 0.503. The van der Waals surface area contributed by atoms with Crippen molar-refractivity contribution in [1.82, 2.24) is 4.90 Å². The Morgan fingerprint density at radius 3 is 2.37 bits per heavy atom. The van der Waals surface area contributed by atoms with Crippen LogP contribution in [-0.4, -0.2) is 17.5 Å². The lowest BCUT2D eigenvalue weighted by atomic mass is 9.83. The van der Waals surface area contributed by atoms with Gasteiger partial charge in [-0.2, -0.15) is 0 Å². The molecule has 1 heterocycles. The monoisotopic (exact) mass is 257 g/mol. The molecule has 1 rings (SSSR count). The molecule has 0 N–H and O–H groups in total. The van der Waals surface area contributed by atoms with E-state index in [2.05, 4.69) is 76.5 Å². The van der Waals surface area contributed by atoms with Crippen LogP contribution in [0.5, 0.6) is 0 Å². The Morgan fingerprint density at radius 2 is 1.89 bits per heavy atom. The van der Waals surface area contributed by atoms with Crippen LogP contribution >= 0.6 is 0 Å². The Hall–Kier alpha value is -1.50. The highest BCUT2D eigenvalue weighted by atomic mass is 15.2. The Balaban J connectivity index is 3.48. The van der Waals surface area contributed by atoms with E-state index in [4.69, 9.17) is 0 Å². The molecule has 1 heteroatoms. The molecule has 19 heavy (non-hydrogen) atoms. The van der Waals surface area contributed by atoms with Gasteiger partial charge in [0.2, 0.25) is 0 Å². The van der Waals surface area contributed by atoms with E-state index < -0.39 is 0 Å². The van der Waals surface area contributed by atoms with Gasteiger partial charge in [0.25, 0.3) is 0 Å². The van der Waals surface area contributed by atoms with E-state index in [1.165, 1.54) is 16.8 Å². The molecule has 0 amide bonds. The summed E-state index contributed by atoms with van der Waals surface area (Å²) in [4.78, 5) is 2.48. The van der Waals surface area contributed by atoms with Gasteiger partial charge in [-0.05, 0) is 39.3 Å².